The van der Waals surface area contributed by atoms with Crippen LogP contribution < -0.4 is 0 Å². The molecule has 1 radical (unpaired) electrons. The highest BCUT2D eigenvalue weighted by Gasteiger charge is 2.06. The fraction of sp³-hybridized carbons (Fsp3) is 0.357. The molecule has 2 heteroatoms. The Hall–Kier alpha value is -1.15. The second kappa shape index (κ2) is 4.79. The van der Waals surface area contributed by atoms with E-state index in [-0.39, 0.29) is 0 Å². The largest absolute Gasteiger partial charge is 0.233 e. The number of rotatable bonds is 3. The first-order chi connectivity index (χ1) is 7.72. The standard InChI is InChI=1S/C14H16NS/c1-4-10(2)12-5-7-13(8-6-12)14-11(3)16-9-15-14/h5-8,10H,4H2,1-3H3. The molecule has 1 unspecified atom stereocenters. The van der Waals surface area contributed by atoms with Gasteiger partial charge in [0.1, 0.15) is 0 Å². The number of hydrogen-bond acceptors (Lipinski definition) is 2. The predicted octanol–water partition coefficient (Wildman–Crippen LogP) is 4.43. The van der Waals surface area contributed by atoms with Crippen LogP contribution in [0, 0.1) is 12.4 Å². The molecule has 0 fully saturated rings. The molecule has 0 aliphatic rings. The van der Waals surface area contributed by atoms with Crippen LogP contribution in [0.3, 0.4) is 0 Å². The quantitative estimate of drug-likeness (QED) is 0.760. The molecule has 0 N–H and O–H groups in total. The summed E-state index contributed by atoms with van der Waals surface area (Å²) in [6.45, 7) is 6.57. The molecule has 0 bridgehead atoms. The third-order valence-corrected chi connectivity index (χ3v) is 3.74. The number of hydrogen-bond donors (Lipinski definition) is 0. The van der Waals surface area contributed by atoms with Crippen molar-refractivity contribution in [2.75, 3.05) is 0 Å². The highest BCUT2D eigenvalue weighted by molar-refractivity contribution is 7.09. The lowest BCUT2D eigenvalue weighted by Crippen LogP contribution is -1.90. The number of thiazole rings is 1. The zero-order valence-electron chi connectivity index (χ0n) is 9.95. The molecule has 0 saturated heterocycles. The van der Waals surface area contributed by atoms with E-state index in [1.807, 2.05) is 0 Å². The second-order valence-corrected chi connectivity index (χ2v) is 5.14. The van der Waals surface area contributed by atoms with E-state index in [9.17, 15) is 0 Å². The van der Waals surface area contributed by atoms with Crippen molar-refractivity contribution in [3.8, 4) is 11.3 Å². The summed E-state index contributed by atoms with van der Waals surface area (Å²) < 4.78 is 0. The van der Waals surface area contributed by atoms with Crippen LogP contribution >= 0.6 is 11.3 Å². The van der Waals surface area contributed by atoms with Crippen LogP contribution in [0.15, 0.2) is 24.3 Å². The molecule has 1 atom stereocenters. The fourth-order valence-corrected chi connectivity index (χ4v) is 2.27. The van der Waals surface area contributed by atoms with E-state index >= 15 is 0 Å². The first kappa shape index (κ1) is 11.3. The minimum atomic E-state index is 0.636. The highest BCUT2D eigenvalue weighted by Crippen LogP contribution is 2.26. The van der Waals surface area contributed by atoms with E-state index in [1.165, 1.54) is 22.4 Å². The molecule has 1 heterocycles. The summed E-state index contributed by atoms with van der Waals surface area (Å²) in [5, 5.41) is 0. The van der Waals surface area contributed by atoms with Crippen molar-refractivity contribution in [1.29, 1.82) is 0 Å². The van der Waals surface area contributed by atoms with Gasteiger partial charge in [-0.05, 0) is 24.8 Å². The lowest BCUT2D eigenvalue weighted by atomic mass is 9.97. The average molecular weight is 230 g/mol. The zero-order chi connectivity index (χ0) is 11.5. The van der Waals surface area contributed by atoms with Gasteiger partial charge >= 0.3 is 0 Å². The van der Waals surface area contributed by atoms with Crippen LogP contribution in [-0.2, 0) is 0 Å². The molecule has 0 aliphatic heterocycles. The molecule has 83 valence electrons. The fourth-order valence-electron chi connectivity index (χ4n) is 1.74. The lowest BCUT2D eigenvalue weighted by molar-refractivity contribution is 0.734. The van der Waals surface area contributed by atoms with Crippen molar-refractivity contribution in [2.24, 2.45) is 0 Å². The molecule has 0 spiro atoms. The summed E-state index contributed by atoms with van der Waals surface area (Å²) in [5.41, 5.74) is 6.61. The second-order valence-electron chi connectivity index (χ2n) is 4.14. The van der Waals surface area contributed by atoms with E-state index in [4.69, 9.17) is 0 Å². The third-order valence-electron chi connectivity index (χ3n) is 3.06. The molecule has 1 aromatic heterocycles. The van der Waals surface area contributed by atoms with E-state index < -0.39 is 0 Å². The molecule has 16 heavy (non-hydrogen) atoms. The van der Waals surface area contributed by atoms with Gasteiger partial charge in [0.05, 0.1) is 5.69 Å². The molecule has 0 saturated carbocycles. The lowest BCUT2D eigenvalue weighted by Gasteiger charge is -2.09. The summed E-state index contributed by atoms with van der Waals surface area (Å²) >= 11 is 1.58. The molecule has 1 nitrogen and oxygen atoms in total. The van der Waals surface area contributed by atoms with Crippen LogP contribution in [0.1, 0.15) is 36.6 Å². The van der Waals surface area contributed by atoms with Gasteiger partial charge in [0, 0.05) is 10.4 Å². The van der Waals surface area contributed by atoms with E-state index in [0.717, 1.165) is 5.69 Å². The van der Waals surface area contributed by atoms with Gasteiger partial charge in [-0.1, -0.05) is 38.1 Å². The maximum Gasteiger partial charge on any atom is 0.153 e. The number of aryl methyl sites for hydroxylation is 1. The van der Waals surface area contributed by atoms with Crippen molar-refractivity contribution in [1.82, 2.24) is 4.98 Å². The Balaban J connectivity index is 2.30. The van der Waals surface area contributed by atoms with Gasteiger partial charge in [0.25, 0.3) is 0 Å². The van der Waals surface area contributed by atoms with E-state index in [0.29, 0.717) is 5.92 Å². The van der Waals surface area contributed by atoms with Gasteiger partial charge in [-0.25, -0.2) is 4.98 Å². The Morgan fingerprint density at radius 1 is 1.31 bits per heavy atom. The Bertz CT molecular complexity index is 456. The van der Waals surface area contributed by atoms with Crippen molar-refractivity contribution in [3.63, 3.8) is 0 Å². The molecule has 0 amide bonds. The maximum absolute atomic E-state index is 4.27. The Kier molecular flexibility index (Phi) is 3.39. The monoisotopic (exact) mass is 230 g/mol. The summed E-state index contributed by atoms with van der Waals surface area (Å²) in [6.07, 6.45) is 1.18. The third kappa shape index (κ3) is 2.17. The first-order valence-electron chi connectivity index (χ1n) is 5.66. The highest BCUT2D eigenvalue weighted by atomic mass is 32.1. The van der Waals surface area contributed by atoms with E-state index in [2.05, 4.69) is 55.5 Å². The number of aromatic nitrogens is 1. The minimum Gasteiger partial charge on any atom is -0.233 e. The molecular formula is C14H16NS. The molecular weight excluding hydrogens is 214 g/mol. The SMILES string of the molecule is CCC(C)c1ccc(-c2n[c]sc2C)cc1. The van der Waals surface area contributed by atoms with E-state index in [1.54, 1.807) is 11.3 Å². The Morgan fingerprint density at radius 2 is 2.00 bits per heavy atom. The van der Waals surface area contributed by atoms with Gasteiger partial charge in [-0.3, -0.25) is 0 Å². The average Bonchev–Trinajstić information content (AvgIpc) is 2.75. The molecule has 2 aromatic rings. The molecule has 1 aromatic carbocycles. The topological polar surface area (TPSA) is 12.9 Å². The normalized spacial score (nSPS) is 12.7. The minimum absolute atomic E-state index is 0.636. The van der Waals surface area contributed by atoms with Crippen molar-refractivity contribution in [2.45, 2.75) is 33.1 Å². The maximum atomic E-state index is 4.27. The zero-order valence-corrected chi connectivity index (χ0v) is 10.8. The van der Waals surface area contributed by atoms with Crippen molar-refractivity contribution >= 4 is 11.3 Å². The summed E-state index contributed by atoms with van der Waals surface area (Å²) in [5.74, 6) is 0.636. The molecule has 0 aliphatic carbocycles. The Morgan fingerprint density at radius 3 is 2.50 bits per heavy atom. The number of benzene rings is 1. The number of nitrogens with zero attached hydrogens (tertiary/aromatic N) is 1. The smallest absolute Gasteiger partial charge is 0.153 e. The van der Waals surface area contributed by atoms with Crippen LogP contribution in [0.25, 0.3) is 11.3 Å². The van der Waals surface area contributed by atoms with Crippen molar-refractivity contribution < 1.29 is 0 Å². The summed E-state index contributed by atoms with van der Waals surface area (Å²) in [6, 6.07) is 8.75. The summed E-state index contributed by atoms with van der Waals surface area (Å²) in [4.78, 5) is 5.51. The predicted molar refractivity (Wildman–Crippen MR) is 69.8 cm³/mol. The Labute approximate surface area is 101 Å². The summed E-state index contributed by atoms with van der Waals surface area (Å²) in [7, 11) is 0. The van der Waals surface area contributed by atoms with Crippen molar-refractivity contribution in [3.05, 3.63) is 40.2 Å². The van der Waals surface area contributed by atoms with Crippen LogP contribution in [0.5, 0.6) is 0 Å². The first-order valence-corrected chi connectivity index (χ1v) is 6.47. The van der Waals surface area contributed by atoms with Gasteiger partial charge < -0.3 is 0 Å². The van der Waals surface area contributed by atoms with Gasteiger partial charge in [0.15, 0.2) is 5.51 Å². The van der Waals surface area contributed by atoms with Gasteiger partial charge in [-0.15, -0.1) is 11.3 Å². The van der Waals surface area contributed by atoms with Crippen LogP contribution in [0.4, 0.5) is 0 Å². The molecule has 2 rings (SSSR count). The van der Waals surface area contributed by atoms with Gasteiger partial charge in [-0.2, -0.15) is 0 Å². The van der Waals surface area contributed by atoms with Crippen LogP contribution in [0.2, 0.25) is 0 Å². The van der Waals surface area contributed by atoms with Gasteiger partial charge in [0.2, 0.25) is 0 Å². The van der Waals surface area contributed by atoms with Crippen LogP contribution in [-0.4, -0.2) is 4.98 Å².